The number of amidine groups is 1. The number of benzene rings is 2. The summed E-state index contributed by atoms with van der Waals surface area (Å²) >= 11 is 0. The van der Waals surface area contributed by atoms with Gasteiger partial charge >= 0.3 is 0 Å². The van der Waals surface area contributed by atoms with Gasteiger partial charge in [0, 0.05) is 10.9 Å². The van der Waals surface area contributed by atoms with Crippen molar-refractivity contribution in [3.63, 3.8) is 0 Å². The zero-order valence-electron chi connectivity index (χ0n) is 13.9. The van der Waals surface area contributed by atoms with E-state index < -0.39 is 0 Å². The SMILES string of the molecule is COc1cccc(OC)c1CN=C(N)c1cc2cc(F)ccc2[nH]1.Cl. The van der Waals surface area contributed by atoms with Crippen molar-refractivity contribution in [2.45, 2.75) is 6.54 Å². The van der Waals surface area contributed by atoms with Gasteiger partial charge in [0.05, 0.1) is 32.0 Å². The van der Waals surface area contributed by atoms with E-state index in [-0.39, 0.29) is 18.2 Å². The first-order valence-corrected chi connectivity index (χ1v) is 7.41. The molecule has 5 nitrogen and oxygen atoms in total. The number of methoxy groups -OCH3 is 2. The van der Waals surface area contributed by atoms with Crippen molar-refractivity contribution in [3.05, 3.63) is 59.5 Å². The highest BCUT2D eigenvalue weighted by molar-refractivity contribution is 6.00. The summed E-state index contributed by atoms with van der Waals surface area (Å²) in [6.07, 6.45) is 0. The van der Waals surface area contributed by atoms with Crippen LogP contribution < -0.4 is 15.2 Å². The lowest BCUT2D eigenvalue weighted by Crippen LogP contribution is -2.14. The maximum atomic E-state index is 13.3. The number of nitrogens with zero attached hydrogens (tertiary/aromatic N) is 1. The van der Waals surface area contributed by atoms with Gasteiger partial charge in [-0.3, -0.25) is 4.99 Å². The third-order valence-electron chi connectivity index (χ3n) is 3.80. The molecule has 0 atom stereocenters. The molecule has 0 saturated heterocycles. The Kier molecular flexibility index (Phi) is 5.88. The average Bonchev–Trinajstić information content (AvgIpc) is 3.02. The Morgan fingerprint density at radius 2 is 1.80 bits per heavy atom. The number of H-pyrrole nitrogens is 1. The van der Waals surface area contributed by atoms with E-state index >= 15 is 0 Å². The van der Waals surface area contributed by atoms with E-state index in [1.807, 2.05) is 18.2 Å². The molecule has 132 valence electrons. The van der Waals surface area contributed by atoms with Crippen LogP contribution >= 0.6 is 12.4 Å². The van der Waals surface area contributed by atoms with E-state index in [0.29, 0.717) is 29.6 Å². The number of aromatic nitrogens is 1. The number of halogens is 2. The monoisotopic (exact) mass is 363 g/mol. The van der Waals surface area contributed by atoms with Crippen LogP contribution in [-0.4, -0.2) is 25.0 Å². The smallest absolute Gasteiger partial charge is 0.142 e. The Hall–Kier alpha value is -2.73. The summed E-state index contributed by atoms with van der Waals surface area (Å²) in [7, 11) is 3.19. The normalized spacial score (nSPS) is 11.2. The Morgan fingerprint density at radius 3 is 2.44 bits per heavy atom. The highest BCUT2D eigenvalue weighted by atomic mass is 35.5. The number of ether oxygens (including phenoxy) is 2. The van der Waals surface area contributed by atoms with Gasteiger partial charge < -0.3 is 20.2 Å². The summed E-state index contributed by atoms with van der Waals surface area (Å²) < 4.78 is 24.0. The third kappa shape index (κ3) is 3.85. The minimum Gasteiger partial charge on any atom is -0.496 e. The topological polar surface area (TPSA) is 72.6 Å². The first-order chi connectivity index (χ1) is 11.6. The van der Waals surface area contributed by atoms with E-state index in [9.17, 15) is 4.39 Å². The molecular formula is C18H19ClFN3O2. The Bertz CT molecular complexity index is 886. The number of hydrogen-bond acceptors (Lipinski definition) is 3. The summed E-state index contributed by atoms with van der Waals surface area (Å²) in [5.41, 5.74) is 8.33. The maximum absolute atomic E-state index is 13.3. The average molecular weight is 364 g/mol. The fraction of sp³-hybridized carbons (Fsp3) is 0.167. The predicted molar refractivity (Wildman–Crippen MR) is 99.5 cm³/mol. The van der Waals surface area contributed by atoms with Crippen LogP contribution in [0.2, 0.25) is 0 Å². The zero-order valence-corrected chi connectivity index (χ0v) is 14.7. The van der Waals surface area contributed by atoms with Crippen molar-refractivity contribution in [1.29, 1.82) is 0 Å². The Labute approximate surface area is 151 Å². The van der Waals surface area contributed by atoms with Crippen molar-refractivity contribution in [1.82, 2.24) is 4.98 Å². The minimum atomic E-state index is -0.290. The summed E-state index contributed by atoms with van der Waals surface area (Å²) in [5.74, 6) is 1.41. The standard InChI is InChI=1S/C18H18FN3O2.ClH/c1-23-16-4-3-5-17(24-2)13(16)10-21-18(20)15-9-11-8-12(19)6-7-14(11)22-15;/h3-9,22H,10H2,1-2H3,(H2,20,21);1H. The molecule has 0 saturated carbocycles. The largest absolute Gasteiger partial charge is 0.496 e. The fourth-order valence-electron chi connectivity index (χ4n) is 2.57. The molecular weight excluding hydrogens is 345 g/mol. The van der Waals surface area contributed by atoms with Crippen molar-refractivity contribution in [3.8, 4) is 11.5 Å². The molecule has 1 aromatic heterocycles. The number of aliphatic imine (C=N–C) groups is 1. The van der Waals surface area contributed by atoms with Gasteiger partial charge in [0.1, 0.15) is 23.2 Å². The summed E-state index contributed by atoms with van der Waals surface area (Å²) in [4.78, 5) is 7.54. The number of fused-ring (bicyclic) bond motifs is 1. The molecule has 25 heavy (non-hydrogen) atoms. The molecule has 0 fully saturated rings. The first-order valence-electron chi connectivity index (χ1n) is 7.41. The quantitative estimate of drug-likeness (QED) is 0.537. The molecule has 0 aliphatic carbocycles. The lowest BCUT2D eigenvalue weighted by Gasteiger charge is -2.11. The highest BCUT2D eigenvalue weighted by Crippen LogP contribution is 2.29. The van der Waals surface area contributed by atoms with Crippen LogP contribution in [0.4, 0.5) is 4.39 Å². The van der Waals surface area contributed by atoms with Crippen molar-refractivity contribution in [2.75, 3.05) is 14.2 Å². The van der Waals surface area contributed by atoms with Crippen LogP contribution in [0.25, 0.3) is 10.9 Å². The van der Waals surface area contributed by atoms with E-state index in [1.54, 1.807) is 26.4 Å². The predicted octanol–water partition coefficient (Wildman–Crippen LogP) is 3.65. The molecule has 0 amide bonds. The van der Waals surface area contributed by atoms with E-state index in [0.717, 1.165) is 16.5 Å². The highest BCUT2D eigenvalue weighted by Gasteiger charge is 2.10. The van der Waals surface area contributed by atoms with Gasteiger partial charge in [0.25, 0.3) is 0 Å². The molecule has 0 aliphatic rings. The van der Waals surface area contributed by atoms with Crippen LogP contribution in [0.3, 0.4) is 0 Å². The van der Waals surface area contributed by atoms with Gasteiger partial charge in [-0.25, -0.2) is 4.39 Å². The van der Waals surface area contributed by atoms with Gasteiger partial charge in [-0.05, 0) is 36.4 Å². The van der Waals surface area contributed by atoms with Crippen molar-refractivity contribution >= 4 is 29.1 Å². The number of nitrogens with two attached hydrogens (primary N) is 1. The lowest BCUT2D eigenvalue weighted by molar-refractivity contribution is 0.385. The molecule has 3 aromatic rings. The lowest BCUT2D eigenvalue weighted by atomic mass is 10.1. The second-order valence-corrected chi connectivity index (χ2v) is 5.26. The van der Waals surface area contributed by atoms with Gasteiger partial charge in [-0.2, -0.15) is 0 Å². The van der Waals surface area contributed by atoms with E-state index in [1.165, 1.54) is 12.1 Å². The van der Waals surface area contributed by atoms with E-state index in [2.05, 4.69) is 9.98 Å². The Morgan fingerprint density at radius 1 is 1.12 bits per heavy atom. The third-order valence-corrected chi connectivity index (χ3v) is 3.80. The maximum Gasteiger partial charge on any atom is 0.142 e. The van der Waals surface area contributed by atoms with Crippen LogP contribution in [0, 0.1) is 5.82 Å². The zero-order chi connectivity index (χ0) is 17.1. The van der Waals surface area contributed by atoms with Crippen LogP contribution in [0.1, 0.15) is 11.3 Å². The molecule has 0 unspecified atom stereocenters. The van der Waals surface area contributed by atoms with Gasteiger partial charge in [-0.15, -0.1) is 12.4 Å². The fourth-order valence-corrected chi connectivity index (χ4v) is 2.57. The molecule has 0 radical (unpaired) electrons. The molecule has 1 heterocycles. The molecule has 0 spiro atoms. The molecule has 0 aliphatic heterocycles. The van der Waals surface area contributed by atoms with Crippen molar-refractivity contribution < 1.29 is 13.9 Å². The molecule has 0 bridgehead atoms. The molecule has 3 rings (SSSR count). The second-order valence-electron chi connectivity index (χ2n) is 5.26. The molecule has 7 heteroatoms. The van der Waals surface area contributed by atoms with Gasteiger partial charge in [0.15, 0.2) is 0 Å². The van der Waals surface area contributed by atoms with Gasteiger partial charge in [0.2, 0.25) is 0 Å². The van der Waals surface area contributed by atoms with E-state index in [4.69, 9.17) is 15.2 Å². The molecule has 2 aromatic carbocycles. The number of aromatic amines is 1. The molecule has 3 N–H and O–H groups in total. The number of rotatable bonds is 5. The van der Waals surface area contributed by atoms with Crippen LogP contribution in [0.15, 0.2) is 47.5 Å². The van der Waals surface area contributed by atoms with Crippen LogP contribution in [0.5, 0.6) is 11.5 Å². The number of nitrogens with one attached hydrogen (secondary N) is 1. The Balaban J connectivity index is 0.00000225. The summed E-state index contributed by atoms with van der Waals surface area (Å²) in [5, 5.41) is 0.748. The summed E-state index contributed by atoms with van der Waals surface area (Å²) in [6.45, 7) is 0.308. The van der Waals surface area contributed by atoms with Crippen LogP contribution in [-0.2, 0) is 6.54 Å². The summed E-state index contributed by atoms with van der Waals surface area (Å²) in [6, 6.07) is 11.8. The second kappa shape index (κ2) is 7.90. The first kappa shape index (κ1) is 18.6. The number of hydrogen-bond donors (Lipinski definition) is 2. The van der Waals surface area contributed by atoms with Crippen molar-refractivity contribution in [2.24, 2.45) is 10.7 Å². The van der Waals surface area contributed by atoms with Gasteiger partial charge in [-0.1, -0.05) is 6.07 Å². The minimum absolute atomic E-state index is 0.